The fourth-order valence-electron chi connectivity index (χ4n) is 2.36. The van der Waals surface area contributed by atoms with Crippen LogP contribution in [0, 0.1) is 5.92 Å². The Hall–Kier alpha value is -0.610. The molecule has 1 N–H and O–H groups in total. The van der Waals surface area contributed by atoms with Gasteiger partial charge in [0.2, 0.25) is 0 Å². The molecule has 1 saturated carbocycles. The van der Waals surface area contributed by atoms with Gasteiger partial charge < -0.3 is 5.11 Å². The molecule has 3 nitrogen and oxygen atoms in total. The molecule has 0 heterocycles. The third kappa shape index (κ3) is 3.93. The van der Waals surface area contributed by atoms with E-state index in [0.717, 1.165) is 19.4 Å². The fourth-order valence-corrected chi connectivity index (χ4v) is 2.66. The zero-order valence-electron chi connectivity index (χ0n) is 10.8. The number of hydrogen-bond acceptors (Lipinski definition) is 3. The van der Waals surface area contributed by atoms with Crippen LogP contribution in [-0.2, 0) is 0 Å². The van der Waals surface area contributed by atoms with Crippen LogP contribution in [0.15, 0.2) is 18.2 Å². The Kier molecular flexibility index (Phi) is 4.85. The van der Waals surface area contributed by atoms with Crippen LogP contribution in [0.25, 0.3) is 0 Å². The number of hydrogen-bond donors (Lipinski definition) is 1. The van der Waals surface area contributed by atoms with E-state index in [9.17, 15) is 9.90 Å². The minimum atomic E-state index is -0.149. The number of ketones is 1. The Morgan fingerprint density at radius 1 is 1.37 bits per heavy atom. The van der Waals surface area contributed by atoms with E-state index in [-0.39, 0.29) is 11.9 Å². The topological polar surface area (TPSA) is 40.5 Å². The monoisotopic (exact) mass is 301 g/mol. The summed E-state index contributed by atoms with van der Waals surface area (Å²) in [5.74, 6) is 0.530. The second-order valence-electron chi connectivity index (χ2n) is 5.24. The summed E-state index contributed by atoms with van der Waals surface area (Å²) in [5.41, 5.74) is 0.579. The number of Topliss-reactive ketones (excluding diaryl/α,β-unsaturated/α-hetero) is 1. The maximum Gasteiger partial charge on any atom is 0.176 e. The van der Waals surface area contributed by atoms with E-state index >= 15 is 0 Å². The molecule has 1 aliphatic carbocycles. The van der Waals surface area contributed by atoms with Crippen molar-refractivity contribution in [2.75, 3.05) is 20.1 Å². The largest absolute Gasteiger partial charge is 0.393 e. The van der Waals surface area contributed by atoms with Gasteiger partial charge in [-0.15, -0.1) is 0 Å². The van der Waals surface area contributed by atoms with Crippen LogP contribution < -0.4 is 0 Å². The van der Waals surface area contributed by atoms with E-state index in [1.807, 2.05) is 11.9 Å². The molecule has 104 valence electrons. The normalized spacial score (nSPS) is 22.4. The first-order valence-electron chi connectivity index (χ1n) is 6.30. The second-order valence-corrected chi connectivity index (χ2v) is 6.05. The van der Waals surface area contributed by atoms with Crippen LogP contribution >= 0.6 is 23.2 Å². The summed E-state index contributed by atoms with van der Waals surface area (Å²) in [6, 6.07) is 4.93. The molecule has 0 spiro atoms. The Labute approximate surface area is 123 Å². The molecule has 0 saturated heterocycles. The predicted octanol–water partition coefficient (Wildman–Crippen LogP) is 2.88. The Bertz CT molecular complexity index is 473. The minimum absolute atomic E-state index is 0.0286. The molecule has 0 aliphatic heterocycles. The van der Waals surface area contributed by atoms with E-state index in [2.05, 4.69) is 0 Å². The average Bonchev–Trinajstić information content (AvgIpc) is 2.30. The van der Waals surface area contributed by atoms with Crippen LogP contribution in [0.4, 0.5) is 0 Å². The zero-order chi connectivity index (χ0) is 14.0. The summed E-state index contributed by atoms with van der Waals surface area (Å²) in [5, 5.41) is 10.1. The Morgan fingerprint density at radius 2 is 2.05 bits per heavy atom. The molecule has 1 fully saturated rings. The third-order valence-corrected chi connectivity index (χ3v) is 4.17. The summed E-state index contributed by atoms with van der Waals surface area (Å²) in [6.07, 6.45) is 1.53. The number of nitrogens with zero attached hydrogens (tertiary/aromatic N) is 1. The molecule has 0 atom stereocenters. The molecule has 0 amide bonds. The van der Waals surface area contributed by atoms with Crippen molar-refractivity contribution in [1.29, 1.82) is 0 Å². The van der Waals surface area contributed by atoms with Gasteiger partial charge in [0, 0.05) is 12.1 Å². The molecule has 1 aromatic rings. The molecule has 2 rings (SSSR count). The highest BCUT2D eigenvalue weighted by Crippen LogP contribution is 2.27. The van der Waals surface area contributed by atoms with Crippen molar-refractivity contribution in [1.82, 2.24) is 4.90 Å². The molecular weight excluding hydrogens is 285 g/mol. The summed E-state index contributed by atoms with van der Waals surface area (Å²) < 4.78 is 0. The van der Waals surface area contributed by atoms with Gasteiger partial charge in [0.15, 0.2) is 5.78 Å². The SMILES string of the molecule is CN(CC(=O)c1ccc(Cl)c(Cl)c1)CC1CC(O)C1. The lowest BCUT2D eigenvalue weighted by Gasteiger charge is -2.34. The van der Waals surface area contributed by atoms with Crippen molar-refractivity contribution in [3.05, 3.63) is 33.8 Å². The molecule has 1 aromatic carbocycles. The smallest absolute Gasteiger partial charge is 0.176 e. The summed E-state index contributed by atoms with van der Waals surface area (Å²) in [6.45, 7) is 1.19. The quantitative estimate of drug-likeness (QED) is 0.850. The number of benzene rings is 1. The van der Waals surface area contributed by atoms with Crippen molar-refractivity contribution >= 4 is 29.0 Å². The van der Waals surface area contributed by atoms with Gasteiger partial charge in [-0.2, -0.15) is 0 Å². The van der Waals surface area contributed by atoms with Crippen LogP contribution in [0.2, 0.25) is 10.0 Å². The summed E-state index contributed by atoms with van der Waals surface area (Å²) >= 11 is 11.7. The molecule has 0 aromatic heterocycles. The maximum absolute atomic E-state index is 12.1. The van der Waals surface area contributed by atoms with Gasteiger partial charge in [-0.25, -0.2) is 0 Å². The van der Waals surface area contributed by atoms with E-state index in [1.165, 1.54) is 0 Å². The average molecular weight is 302 g/mol. The number of likely N-dealkylation sites (N-methyl/N-ethyl adjacent to an activating group) is 1. The number of carbonyl (C=O) groups excluding carboxylic acids is 1. The first-order valence-corrected chi connectivity index (χ1v) is 7.06. The number of carbonyl (C=O) groups is 1. The van der Waals surface area contributed by atoms with Crippen LogP contribution in [-0.4, -0.2) is 42.0 Å². The minimum Gasteiger partial charge on any atom is -0.393 e. The molecular formula is C14H17Cl2NO2. The Balaban J connectivity index is 1.87. The van der Waals surface area contributed by atoms with Crippen molar-refractivity contribution in [2.24, 2.45) is 5.92 Å². The standard InChI is InChI=1S/C14H17Cl2NO2/c1-17(7-9-4-11(18)5-9)8-14(19)10-2-3-12(15)13(16)6-10/h2-3,6,9,11,18H,4-5,7-8H2,1H3. The van der Waals surface area contributed by atoms with E-state index in [4.69, 9.17) is 23.2 Å². The van der Waals surface area contributed by atoms with Gasteiger partial charge in [-0.3, -0.25) is 9.69 Å². The van der Waals surface area contributed by atoms with Crippen molar-refractivity contribution < 1.29 is 9.90 Å². The molecule has 0 unspecified atom stereocenters. The van der Waals surface area contributed by atoms with Gasteiger partial charge in [-0.1, -0.05) is 23.2 Å². The van der Waals surface area contributed by atoms with Crippen molar-refractivity contribution in [3.63, 3.8) is 0 Å². The number of halogens is 2. The van der Waals surface area contributed by atoms with E-state index in [0.29, 0.717) is 28.1 Å². The molecule has 0 bridgehead atoms. The highest BCUT2D eigenvalue weighted by atomic mass is 35.5. The lowest BCUT2D eigenvalue weighted by Crippen LogP contribution is -2.38. The highest BCUT2D eigenvalue weighted by molar-refractivity contribution is 6.42. The van der Waals surface area contributed by atoms with Crippen LogP contribution in [0.3, 0.4) is 0 Å². The van der Waals surface area contributed by atoms with E-state index in [1.54, 1.807) is 18.2 Å². The molecule has 0 radical (unpaired) electrons. The van der Waals surface area contributed by atoms with Crippen LogP contribution in [0.1, 0.15) is 23.2 Å². The number of rotatable bonds is 5. The third-order valence-electron chi connectivity index (χ3n) is 3.44. The molecule has 1 aliphatic rings. The van der Waals surface area contributed by atoms with Gasteiger partial charge in [0.25, 0.3) is 0 Å². The van der Waals surface area contributed by atoms with Gasteiger partial charge in [0.1, 0.15) is 0 Å². The first-order chi connectivity index (χ1) is 8.95. The number of aliphatic hydroxyl groups is 1. The van der Waals surface area contributed by atoms with Crippen molar-refractivity contribution in [3.8, 4) is 0 Å². The number of aliphatic hydroxyl groups excluding tert-OH is 1. The van der Waals surface area contributed by atoms with E-state index < -0.39 is 0 Å². The molecule has 5 heteroatoms. The van der Waals surface area contributed by atoms with Crippen LogP contribution in [0.5, 0.6) is 0 Å². The summed E-state index contributed by atoms with van der Waals surface area (Å²) in [7, 11) is 1.92. The van der Waals surface area contributed by atoms with Crippen molar-refractivity contribution in [2.45, 2.75) is 18.9 Å². The van der Waals surface area contributed by atoms with Gasteiger partial charge in [0.05, 0.1) is 22.7 Å². The highest BCUT2D eigenvalue weighted by Gasteiger charge is 2.28. The van der Waals surface area contributed by atoms with Gasteiger partial charge >= 0.3 is 0 Å². The Morgan fingerprint density at radius 3 is 2.63 bits per heavy atom. The summed E-state index contributed by atoms with van der Waals surface area (Å²) in [4.78, 5) is 14.1. The van der Waals surface area contributed by atoms with Gasteiger partial charge in [-0.05, 0) is 44.0 Å². The molecule has 19 heavy (non-hydrogen) atoms. The maximum atomic E-state index is 12.1. The zero-order valence-corrected chi connectivity index (χ0v) is 12.3. The predicted molar refractivity (Wildman–Crippen MR) is 77.0 cm³/mol. The first kappa shape index (κ1) is 14.8. The lowest BCUT2D eigenvalue weighted by molar-refractivity contribution is 0.0286. The fraction of sp³-hybridized carbons (Fsp3) is 0.500. The second kappa shape index (κ2) is 6.23. The lowest BCUT2D eigenvalue weighted by atomic mass is 9.82.